The molecule has 1 fully saturated rings. The molecule has 0 aromatic carbocycles. The quantitative estimate of drug-likeness (QED) is 0.713. The summed E-state index contributed by atoms with van der Waals surface area (Å²) in [6, 6.07) is 1.20. The Bertz CT molecular complexity index is 491. The minimum absolute atomic E-state index is 0.0684. The van der Waals surface area contributed by atoms with E-state index in [0.29, 0.717) is 4.57 Å². The van der Waals surface area contributed by atoms with Crippen LogP contribution in [0.15, 0.2) is 17.1 Å². The SMILES string of the molecule is CC1O[C@@H](n2ccc(N)nc2=O)C(F)(F)[C@H]1O. The van der Waals surface area contributed by atoms with Crippen LogP contribution in [-0.4, -0.2) is 32.8 Å². The number of halogens is 2. The zero-order chi connectivity index (χ0) is 12.8. The van der Waals surface area contributed by atoms with Gasteiger partial charge in [0.05, 0.1) is 6.10 Å². The van der Waals surface area contributed by atoms with Gasteiger partial charge in [0.1, 0.15) is 11.9 Å². The summed E-state index contributed by atoms with van der Waals surface area (Å²) in [7, 11) is 0. The number of aliphatic hydroxyl groups excluding tert-OH is 1. The number of rotatable bonds is 1. The summed E-state index contributed by atoms with van der Waals surface area (Å²) < 4.78 is 32.7. The first-order valence-corrected chi connectivity index (χ1v) is 4.90. The van der Waals surface area contributed by atoms with Crippen molar-refractivity contribution in [2.45, 2.75) is 31.3 Å². The molecule has 6 nitrogen and oxygen atoms in total. The maximum absolute atomic E-state index is 13.6. The molecule has 2 heterocycles. The summed E-state index contributed by atoms with van der Waals surface area (Å²) in [5.41, 5.74) is 4.30. The van der Waals surface area contributed by atoms with E-state index in [1.807, 2.05) is 0 Å². The molecule has 1 unspecified atom stereocenters. The molecule has 0 saturated carbocycles. The second-order valence-corrected chi connectivity index (χ2v) is 3.86. The topological polar surface area (TPSA) is 90.4 Å². The van der Waals surface area contributed by atoms with E-state index >= 15 is 0 Å². The van der Waals surface area contributed by atoms with E-state index in [1.54, 1.807) is 0 Å². The Labute approximate surface area is 94.6 Å². The Kier molecular flexibility index (Phi) is 2.63. The number of hydrogen-bond acceptors (Lipinski definition) is 5. The van der Waals surface area contributed by atoms with Gasteiger partial charge in [-0.05, 0) is 13.0 Å². The molecule has 0 amide bonds. The van der Waals surface area contributed by atoms with Crippen LogP contribution in [0.2, 0.25) is 0 Å². The molecule has 3 atom stereocenters. The van der Waals surface area contributed by atoms with Crippen LogP contribution in [0, 0.1) is 0 Å². The van der Waals surface area contributed by atoms with Gasteiger partial charge in [0.15, 0.2) is 0 Å². The number of aromatic nitrogens is 2. The number of nitrogen functional groups attached to an aromatic ring is 1. The number of nitrogens with two attached hydrogens (primary N) is 1. The summed E-state index contributed by atoms with van der Waals surface area (Å²) in [6.07, 6.45) is -3.84. The highest BCUT2D eigenvalue weighted by atomic mass is 19.3. The highest BCUT2D eigenvalue weighted by molar-refractivity contribution is 5.23. The largest absolute Gasteiger partial charge is 0.384 e. The zero-order valence-electron chi connectivity index (χ0n) is 8.88. The van der Waals surface area contributed by atoms with Crippen LogP contribution in [0.25, 0.3) is 0 Å². The van der Waals surface area contributed by atoms with Crippen LogP contribution in [0.4, 0.5) is 14.6 Å². The van der Waals surface area contributed by atoms with E-state index in [9.17, 15) is 18.7 Å². The van der Waals surface area contributed by atoms with Gasteiger partial charge in [-0.1, -0.05) is 0 Å². The molecular formula is C9H11F2N3O3. The molecule has 3 N–H and O–H groups in total. The van der Waals surface area contributed by atoms with Crippen molar-refractivity contribution in [1.29, 1.82) is 0 Å². The van der Waals surface area contributed by atoms with Crippen molar-refractivity contribution in [2.24, 2.45) is 0 Å². The summed E-state index contributed by atoms with van der Waals surface area (Å²) in [5, 5.41) is 9.27. The third-order valence-electron chi connectivity index (χ3n) is 2.62. The van der Waals surface area contributed by atoms with Crippen LogP contribution in [-0.2, 0) is 4.74 Å². The summed E-state index contributed by atoms with van der Waals surface area (Å²) in [5.74, 6) is -3.62. The standard InChI is InChI=1S/C9H11F2N3O3/c1-4-6(15)9(10,11)7(17-4)14-3-2-5(12)13-8(14)16/h2-4,6-7,15H,1H3,(H2,12,13,16)/t4?,6-,7+/m0/s1. The van der Waals surface area contributed by atoms with Crippen molar-refractivity contribution < 1.29 is 18.6 Å². The Morgan fingerprint density at radius 3 is 2.76 bits per heavy atom. The fraction of sp³-hybridized carbons (Fsp3) is 0.556. The molecule has 0 radical (unpaired) electrons. The summed E-state index contributed by atoms with van der Waals surface area (Å²) in [4.78, 5) is 14.7. The molecule has 0 spiro atoms. The molecule has 0 bridgehead atoms. The average molecular weight is 247 g/mol. The predicted molar refractivity (Wildman–Crippen MR) is 53.4 cm³/mol. The molecule has 1 aromatic heterocycles. The Morgan fingerprint density at radius 2 is 2.29 bits per heavy atom. The van der Waals surface area contributed by atoms with Crippen LogP contribution in [0.1, 0.15) is 13.2 Å². The molecule has 1 aliphatic heterocycles. The predicted octanol–water partition coefficient (Wildman–Crippen LogP) is -0.261. The number of anilines is 1. The summed E-state index contributed by atoms with van der Waals surface area (Å²) >= 11 is 0. The highest BCUT2D eigenvalue weighted by Gasteiger charge is 2.58. The van der Waals surface area contributed by atoms with Crippen molar-refractivity contribution in [3.8, 4) is 0 Å². The maximum Gasteiger partial charge on any atom is 0.351 e. The molecule has 0 aliphatic carbocycles. The van der Waals surface area contributed by atoms with Crippen LogP contribution >= 0.6 is 0 Å². The van der Waals surface area contributed by atoms with Crippen molar-refractivity contribution in [3.63, 3.8) is 0 Å². The van der Waals surface area contributed by atoms with Gasteiger partial charge in [0.25, 0.3) is 0 Å². The fourth-order valence-corrected chi connectivity index (χ4v) is 1.68. The van der Waals surface area contributed by atoms with E-state index in [2.05, 4.69) is 4.98 Å². The normalized spacial score (nSPS) is 31.6. The van der Waals surface area contributed by atoms with Crippen molar-refractivity contribution in [2.75, 3.05) is 5.73 Å². The lowest BCUT2D eigenvalue weighted by Gasteiger charge is -2.20. The fourth-order valence-electron chi connectivity index (χ4n) is 1.68. The van der Waals surface area contributed by atoms with E-state index < -0.39 is 30.0 Å². The minimum Gasteiger partial charge on any atom is -0.384 e. The van der Waals surface area contributed by atoms with Gasteiger partial charge in [-0.2, -0.15) is 13.8 Å². The maximum atomic E-state index is 13.6. The third-order valence-corrected chi connectivity index (χ3v) is 2.62. The number of aliphatic hydroxyl groups is 1. The lowest BCUT2D eigenvalue weighted by Crippen LogP contribution is -2.41. The van der Waals surface area contributed by atoms with Crippen LogP contribution in [0.5, 0.6) is 0 Å². The molecular weight excluding hydrogens is 236 g/mol. The van der Waals surface area contributed by atoms with Crippen molar-refractivity contribution in [3.05, 3.63) is 22.7 Å². The third kappa shape index (κ3) is 1.79. The first-order valence-electron chi connectivity index (χ1n) is 4.90. The number of hydrogen-bond donors (Lipinski definition) is 2. The molecule has 1 aromatic rings. The monoisotopic (exact) mass is 247 g/mol. The van der Waals surface area contributed by atoms with Gasteiger partial charge in [0, 0.05) is 6.20 Å². The highest BCUT2D eigenvalue weighted by Crippen LogP contribution is 2.41. The Balaban J connectivity index is 2.45. The molecule has 8 heteroatoms. The number of alkyl halides is 2. The molecule has 17 heavy (non-hydrogen) atoms. The first-order chi connectivity index (χ1) is 7.84. The first kappa shape index (κ1) is 11.9. The molecule has 1 aliphatic rings. The van der Waals surface area contributed by atoms with Crippen LogP contribution < -0.4 is 11.4 Å². The lowest BCUT2D eigenvalue weighted by atomic mass is 10.1. The Morgan fingerprint density at radius 1 is 1.65 bits per heavy atom. The smallest absolute Gasteiger partial charge is 0.351 e. The van der Waals surface area contributed by atoms with Gasteiger partial charge in [-0.25, -0.2) is 4.79 Å². The van der Waals surface area contributed by atoms with Gasteiger partial charge in [-0.3, -0.25) is 4.57 Å². The second-order valence-electron chi connectivity index (χ2n) is 3.86. The van der Waals surface area contributed by atoms with Gasteiger partial charge in [0.2, 0.25) is 6.23 Å². The minimum atomic E-state index is -3.55. The van der Waals surface area contributed by atoms with Crippen LogP contribution in [0.3, 0.4) is 0 Å². The lowest BCUT2D eigenvalue weighted by molar-refractivity contribution is -0.140. The van der Waals surface area contributed by atoms with E-state index in [-0.39, 0.29) is 5.82 Å². The van der Waals surface area contributed by atoms with Crippen molar-refractivity contribution >= 4 is 5.82 Å². The molecule has 94 valence electrons. The second kappa shape index (κ2) is 3.74. The van der Waals surface area contributed by atoms with Gasteiger partial charge >= 0.3 is 11.6 Å². The van der Waals surface area contributed by atoms with Gasteiger partial charge < -0.3 is 15.6 Å². The number of nitrogens with zero attached hydrogens (tertiary/aromatic N) is 2. The number of ether oxygens (including phenoxy) is 1. The van der Waals surface area contributed by atoms with E-state index in [0.717, 1.165) is 6.20 Å². The Hall–Kier alpha value is -1.54. The van der Waals surface area contributed by atoms with E-state index in [1.165, 1.54) is 13.0 Å². The van der Waals surface area contributed by atoms with Gasteiger partial charge in [-0.15, -0.1) is 0 Å². The average Bonchev–Trinajstić information content (AvgIpc) is 2.43. The molecule has 1 saturated heterocycles. The molecule has 2 rings (SSSR count). The zero-order valence-corrected chi connectivity index (χ0v) is 8.88. The summed E-state index contributed by atoms with van der Waals surface area (Å²) in [6.45, 7) is 1.30. The van der Waals surface area contributed by atoms with Crippen molar-refractivity contribution in [1.82, 2.24) is 9.55 Å². The van der Waals surface area contributed by atoms with E-state index in [4.69, 9.17) is 10.5 Å².